The summed E-state index contributed by atoms with van der Waals surface area (Å²) < 4.78 is 5.94. The number of Topliss-reactive ketones (excluding diaryl/α,β-unsaturated/α-hetero) is 2. The van der Waals surface area contributed by atoms with Gasteiger partial charge in [0.05, 0.1) is 30.0 Å². The number of likely N-dealkylation sites (N-methyl/N-ethyl adjacent to an activating group) is 1. The molecule has 29 heavy (non-hydrogen) atoms. The lowest BCUT2D eigenvalue weighted by Crippen LogP contribution is -2.55. The average Bonchev–Trinajstić information content (AvgIpc) is 3.53. The van der Waals surface area contributed by atoms with Crippen LogP contribution in [-0.2, 0) is 14.3 Å². The predicted octanol–water partition coefficient (Wildman–Crippen LogP) is -0.996. The highest BCUT2D eigenvalue weighted by atomic mass is 16.5. The van der Waals surface area contributed by atoms with E-state index >= 15 is 0 Å². The number of fused-ring (bicyclic) bond motifs is 4. The van der Waals surface area contributed by atoms with E-state index in [1.165, 1.54) is 0 Å². The summed E-state index contributed by atoms with van der Waals surface area (Å²) in [5, 5.41) is 20.6. The fraction of sp³-hybridized carbons (Fsp3) is 0.632. The fourth-order valence-electron chi connectivity index (χ4n) is 5.17. The molecule has 1 saturated carbocycles. The number of methoxy groups -OCH3 is 1. The first-order valence-corrected chi connectivity index (χ1v) is 9.65. The van der Waals surface area contributed by atoms with E-state index in [1.807, 2.05) is 11.9 Å². The number of ketones is 2. The van der Waals surface area contributed by atoms with Gasteiger partial charge in [-0.15, -0.1) is 0 Å². The number of allylic oxidation sites excluding steroid dienone is 2. The first-order chi connectivity index (χ1) is 13.7. The number of primary amides is 1. The summed E-state index contributed by atoms with van der Waals surface area (Å²) in [5.74, 6) is -0.768. The average molecular weight is 406 g/mol. The molecule has 5 rings (SSSR count). The number of carbonyl (C=O) groups is 3. The van der Waals surface area contributed by atoms with Crippen molar-refractivity contribution in [3.05, 3.63) is 22.5 Å². The van der Waals surface area contributed by atoms with Crippen LogP contribution in [0.1, 0.15) is 19.8 Å². The van der Waals surface area contributed by atoms with E-state index in [-0.39, 0.29) is 30.3 Å². The van der Waals surface area contributed by atoms with Crippen LogP contribution in [-0.4, -0.2) is 88.8 Å². The molecule has 3 fully saturated rings. The zero-order chi connectivity index (χ0) is 21.2. The van der Waals surface area contributed by atoms with Gasteiger partial charge in [-0.3, -0.25) is 14.5 Å². The van der Waals surface area contributed by atoms with Crippen molar-refractivity contribution in [2.45, 2.75) is 43.6 Å². The Balaban J connectivity index is 0.000000472. The lowest BCUT2D eigenvalue weighted by Gasteiger charge is -2.40. The number of nitrogens with two attached hydrogens (primary N) is 1. The number of hydrogen-bond donors (Lipinski definition) is 4. The van der Waals surface area contributed by atoms with E-state index in [0.717, 1.165) is 12.8 Å². The van der Waals surface area contributed by atoms with Crippen molar-refractivity contribution in [2.75, 3.05) is 27.3 Å². The van der Waals surface area contributed by atoms with Crippen molar-refractivity contribution in [3.8, 4) is 0 Å². The van der Waals surface area contributed by atoms with Crippen molar-refractivity contribution in [1.82, 2.24) is 15.1 Å². The Morgan fingerprint density at radius 3 is 2.48 bits per heavy atom. The minimum Gasteiger partial charge on any atom is -0.465 e. The van der Waals surface area contributed by atoms with Crippen molar-refractivity contribution in [3.63, 3.8) is 0 Å². The number of aliphatic hydroxyl groups excluding tert-OH is 1. The van der Waals surface area contributed by atoms with Gasteiger partial charge < -0.3 is 30.9 Å². The summed E-state index contributed by atoms with van der Waals surface area (Å²) in [6.07, 6.45) is 0.715. The van der Waals surface area contributed by atoms with E-state index in [1.54, 1.807) is 14.0 Å². The predicted molar refractivity (Wildman–Crippen MR) is 100 cm³/mol. The largest absolute Gasteiger partial charge is 0.465 e. The first kappa shape index (κ1) is 19.9. The lowest BCUT2D eigenvalue weighted by molar-refractivity contribution is -0.144. The Bertz CT molecular complexity index is 859. The number of rotatable bonds is 4. The summed E-state index contributed by atoms with van der Waals surface area (Å²) >= 11 is 0. The molecule has 5 unspecified atom stereocenters. The fourth-order valence-corrected chi connectivity index (χ4v) is 5.17. The molecule has 2 aliphatic carbocycles. The number of nitrogens with zero attached hydrogens (tertiary/aromatic N) is 2. The normalized spacial score (nSPS) is 37.0. The molecule has 0 aromatic rings. The SMILES string of the molecule is COC12C(CO)C3=C(C(=O)C(C)=C(NC4CC4)C3=O)N1CC1C2N1C.NC(=O)O. The third-order valence-electron chi connectivity index (χ3n) is 6.66. The number of piperazine rings is 1. The second-order valence-electron chi connectivity index (χ2n) is 8.16. The Morgan fingerprint density at radius 2 is 1.97 bits per heavy atom. The number of amides is 1. The molecule has 10 nitrogen and oxygen atoms in total. The van der Waals surface area contributed by atoms with Crippen molar-refractivity contribution < 1.29 is 29.3 Å². The minimum atomic E-state index is -1.33. The van der Waals surface area contributed by atoms with Crippen LogP contribution in [0.25, 0.3) is 0 Å². The van der Waals surface area contributed by atoms with Crippen LogP contribution in [0.4, 0.5) is 4.79 Å². The van der Waals surface area contributed by atoms with Gasteiger partial charge in [0.25, 0.3) is 0 Å². The summed E-state index contributed by atoms with van der Waals surface area (Å²) in [4.78, 5) is 39.3. The number of ether oxygens (including phenoxy) is 1. The summed E-state index contributed by atoms with van der Waals surface area (Å²) in [6, 6.07) is 0.690. The Labute approximate surface area is 168 Å². The van der Waals surface area contributed by atoms with Gasteiger partial charge in [-0.05, 0) is 26.8 Å². The molecule has 5 N–H and O–H groups in total. The molecule has 1 amide bonds. The number of nitrogens with one attached hydrogen (secondary N) is 1. The smallest absolute Gasteiger partial charge is 0.402 e. The molecule has 0 bridgehead atoms. The van der Waals surface area contributed by atoms with Crippen molar-refractivity contribution >= 4 is 17.7 Å². The molecule has 0 spiro atoms. The Morgan fingerprint density at radius 1 is 1.34 bits per heavy atom. The molecule has 2 saturated heterocycles. The molecule has 5 aliphatic rings. The summed E-state index contributed by atoms with van der Waals surface area (Å²) in [7, 11) is 3.63. The molecule has 0 aromatic carbocycles. The van der Waals surface area contributed by atoms with Crippen molar-refractivity contribution in [1.29, 1.82) is 0 Å². The van der Waals surface area contributed by atoms with E-state index in [2.05, 4.69) is 16.0 Å². The second-order valence-corrected chi connectivity index (χ2v) is 8.16. The molecular weight excluding hydrogens is 380 g/mol. The highest BCUT2D eigenvalue weighted by molar-refractivity contribution is 6.25. The number of carbonyl (C=O) groups excluding carboxylic acids is 2. The van der Waals surface area contributed by atoms with Gasteiger partial charge >= 0.3 is 6.09 Å². The van der Waals surface area contributed by atoms with E-state index < -0.39 is 17.7 Å². The van der Waals surface area contributed by atoms with Gasteiger partial charge in [0, 0.05) is 36.9 Å². The van der Waals surface area contributed by atoms with E-state index in [9.17, 15) is 14.7 Å². The quantitative estimate of drug-likeness (QED) is 0.341. The van der Waals surface area contributed by atoms with Gasteiger partial charge in [-0.1, -0.05) is 0 Å². The van der Waals surface area contributed by atoms with Crippen LogP contribution >= 0.6 is 0 Å². The molecule has 158 valence electrons. The molecule has 3 heterocycles. The van der Waals surface area contributed by atoms with Crippen LogP contribution in [0.2, 0.25) is 0 Å². The summed E-state index contributed by atoms with van der Waals surface area (Å²) in [5.41, 5.74) is 4.98. The third-order valence-corrected chi connectivity index (χ3v) is 6.66. The highest BCUT2D eigenvalue weighted by Gasteiger charge is 2.75. The molecule has 5 atom stereocenters. The van der Waals surface area contributed by atoms with Crippen LogP contribution in [0, 0.1) is 5.92 Å². The second kappa shape index (κ2) is 6.54. The highest BCUT2D eigenvalue weighted by Crippen LogP contribution is 2.58. The monoisotopic (exact) mass is 406 g/mol. The standard InChI is InChI=1S/C18H23N3O4.CH3NO2/c1-8-13(19-9-4-5-9)16(24)12-10(7-22)18(25-3)17-11(20(17)2)6-21(18)14(12)15(8)23;2-1(3)4/h9-11,17,19,22H,4-7H2,1-3H3;2H2,(H,3,4). The maximum Gasteiger partial charge on any atom is 0.402 e. The maximum absolute atomic E-state index is 13.2. The van der Waals surface area contributed by atoms with Crippen LogP contribution in [0.3, 0.4) is 0 Å². The zero-order valence-electron chi connectivity index (χ0n) is 16.6. The number of aliphatic hydroxyl groups is 1. The lowest BCUT2D eigenvalue weighted by atomic mass is 9.82. The molecule has 10 heteroatoms. The van der Waals surface area contributed by atoms with Crippen LogP contribution in [0.15, 0.2) is 22.5 Å². The van der Waals surface area contributed by atoms with Gasteiger partial charge in [-0.2, -0.15) is 0 Å². The Hall–Kier alpha value is -2.43. The molecule has 0 aromatic heterocycles. The van der Waals surface area contributed by atoms with Gasteiger partial charge in [0.2, 0.25) is 11.6 Å². The minimum absolute atomic E-state index is 0.0981. The Kier molecular flexibility index (Phi) is 4.48. The molecule has 0 radical (unpaired) electrons. The van der Waals surface area contributed by atoms with Gasteiger partial charge in [0.15, 0.2) is 5.72 Å². The number of carboxylic acid groups (broad SMARTS) is 1. The zero-order valence-corrected chi connectivity index (χ0v) is 16.6. The third kappa shape index (κ3) is 2.62. The maximum atomic E-state index is 13.2. The van der Waals surface area contributed by atoms with Crippen LogP contribution < -0.4 is 11.1 Å². The first-order valence-electron chi connectivity index (χ1n) is 9.65. The summed E-state index contributed by atoms with van der Waals surface area (Å²) in [6.45, 7) is 2.16. The van der Waals surface area contributed by atoms with E-state index in [4.69, 9.17) is 14.6 Å². The molecular formula is C19H26N4O6. The van der Waals surface area contributed by atoms with Gasteiger partial charge in [-0.25, -0.2) is 4.79 Å². The topological polar surface area (TPSA) is 145 Å². The van der Waals surface area contributed by atoms with Crippen LogP contribution in [0.5, 0.6) is 0 Å². The van der Waals surface area contributed by atoms with Gasteiger partial charge in [0.1, 0.15) is 0 Å². The number of hydrogen-bond acceptors (Lipinski definition) is 8. The van der Waals surface area contributed by atoms with E-state index in [0.29, 0.717) is 35.1 Å². The van der Waals surface area contributed by atoms with Crippen molar-refractivity contribution in [2.24, 2.45) is 11.7 Å². The molecule has 3 aliphatic heterocycles.